The Kier molecular flexibility index (Phi) is 2.19. The van der Waals surface area contributed by atoms with Crippen molar-refractivity contribution in [2.24, 2.45) is 5.73 Å². The number of carbonyl (C=O) groups excluding carboxylic acids is 1. The van der Waals surface area contributed by atoms with Crippen molar-refractivity contribution >= 4 is 23.3 Å². The third kappa shape index (κ3) is 1.33. The van der Waals surface area contributed by atoms with Crippen LogP contribution in [-0.4, -0.2) is 10.9 Å². The van der Waals surface area contributed by atoms with Gasteiger partial charge in [0.1, 0.15) is 5.82 Å². The molecule has 0 radical (unpaired) electrons. The Balaban J connectivity index is 3.43. The topological polar surface area (TPSA) is 82.0 Å². The molecular weight excluding hydrogens is 178 g/mol. The number of pyridine rings is 1. The lowest BCUT2D eigenvalue weighted by Crippen LogP contribution is -2.15. The Hall–Kier alpha value is -1.29. The van der Waals surface area contributed by atoms with Crippen LogP contribution in [0.15, 0.2) is 6.20 Å². The fourth-order valence-electron chi connectivity index (χ4n) is 0.897. The second-order valence-electron chi connectivity index (χ2n) is 2.36. The van der Waals surface area contributed by atoms with Gasteiger partial charge in [0.05, 0.1) is 10.6 Å². The van der Waals surface area contributed by atoms with Gasteiger partial charge in [-0.2, -0.15) is 0 Å². The highest BCUT2D eigenvalue weighted by atomic mass is 35.5. The van der Waals surface area contributed by atoms with Crippen molar-refractivity contribution in [2.75, 3.05) is 5.73 Å². The molecule has 1 aromatic heterocycles. The Morgan fingerprint density at radius 3 is 2.67 bits per heavy atom. The minimum Gasteiger partial charge on any atom is -0.383 e. The molecule has 12 heavy (non-hydrogen) atoms. The van der Waals surface area contributed by atoms with Gasteiger partial charge in [-0.15, -0.1) is 0 Å². The number of nitrogens with zero attached hydrogens (tertiary/aromatic N) is 1. The van der Waals surface area contributed by atoms with E-state index in [-0.39, 0.29) is 16.4 Å². The van der Waals surface area contributed by atoms with Crippen LogP contribution in [0.25, 0.3) is 0 Å². The van der Waals surface area contributed by atoms with Gasteiger partial charge in [0.25, 0.3) is 5.91 Å². The van der Waals surface area contributed by atoms with E-state index in [4.69, 9.17) is 23.1 Å². The van der Waals surface area contributed by atoms with Gasteiger partial charge in [-0.05, 0) is 6.92 Å². The number of nitrogen functional groups attached to an aromatic ring is 1. The molecule has 1 rings (SSSR count). The first kappa shape index (κ1) is 8.80. The number of halogens is 1. The highest BCUT2D eigenvalue weighted by Gasteiger charge is 2.12. The smallest absolute Gasteiger partial charge is 0.250 e. The van der Waals surface area contributed by atoms with Crippen LogP contribution in [0.4, 0.5) is 5.82 Å². The van der Waals surface area contributed by atoms with Gasteiger partial charge in [-0.1, -0.05) is 11.6 Å². The highest BCUT2D eigenvalue weighted by Crippen LogP contribution is 2.21. The average molecular weight is 186 g/mol. The summed E-state index contributed by atoms with van der Waals surface area (Å²) < 4.78 is 0. The first-order valence-electron chi connectivity index (χ1n) is 3.24. The molecule has 0 saturated heterocycles. The van der Waals surface area contributed by atoms with Gasteiger partial charge < -0.3 is 11.5 Å². The van der Waals surface area contributed by atoms with E-state index in [1.165, 1.54) is 6.20 Å². The number of primary amides is 1. The summed E-state index contributed by atoms with van der Waals surface area (Å²) in [6.45, 7) is 1.65. The second-order valence-corrected chi connectivity index (χ2v) is 2.76. The summed E-state index contributed by atoms with van der Waals surface area (Å²) in [5.41, 5.74) is 11.3. The maximum Gasteiger partial charge on any atom is 0.250 e. The standard InChI is InChI=1S/C7H8ClN3O/c1-3-5(7(10)12)4(8)2-11-6(3)9/h2H,1H3,(H2,9,11)(H2,10,12). The Bertz CT molecular complexity index is 338. The van der Waals surface area contributed by atoms with E-state index in [0.717, 1.165) is 0 Å². The Morgan fingerprint density at radius 1 is 1.67 bits per heavy atom. The summed E-state index contributed by atoms with van der Waals surface area (Å²) in [7, 11) is 0. The molecule has 4 N–H and O–H groups in total. The highest BCUT2D eigenvalue weighted by molar-refractivity contribution is 6.34. The summed E-state index contributed by atoms with van der Waals surface area (Å²) >= 11 is 5.68. The molecule has 64 valence electrons. The maximum absolute atomic E-state index is 10.8. The zero-order valence-corrected chi connectivity index (χ0v) is 7.22. The van der Waals surface area contributed by atoms with Crippen LogP contribution in [0.2, 0.25) is 5.02 Å². The number of carbonyl (C=O) groups is 1. The fraction of sp³-hybridized carbons (Fsp3) is 0.143. The summed E-state index contributed by atoms with van der Waals surface area (Å²) in [5, 5.41) is 0.231. The largest absolute Gasteiger partial charge is 0.383 e. The predicted octanol–water partition coefficient (Wildman–Crippen LogP) is 0.725. The van der Waals surface area contributed by atoms with Gasteiger partial charge in [0.2, 0.25) is 0 Å². The zero-order valence-electron chi connectivity index (χ0n) is 6.47. The maximum atomic E-state index is 10.8. The molecule has 0 aliphatic carbocycles. The van der Waals surface area contributed by atoms with Crippen LogP contribution >= 0.6 is 11.6 Å². The van der Waals surface area contributed by atoms with Gasteiger partial charge in [0.15, 0.2) is 0 Å². The van der Waals surface area contributed by atoms with E-state index in [1.807, 2.05) is 0 Å². The lowest BCUT2D eigenvalue weighted by atomic mass is 10.1. The minimum atomic E-state index is -0.591. The van der Waals surface area contributed by atoms with E-state index >= 15 is 0 Å². The zero-order chi connectivity index (χ0) is 9.30. The molecule has 0 aliphatic rings. The molecule has 1 amide bonds. The van der Waals surface area contributed by atoms with Crippen LogP contribution in [0.5, 0.6) is 0 Å². The number of rotatable bonds is 1. The quantitative estimate of drug-likeness (QED) is 0.677. The van der Waals surface area contributed by atoms with Crippen molar-refractivity contribution < 1.29 is 4.79 Å². The number of aromatic nitrogens is 1. The van der Waals surface area contributed by atoms with Crippen molar-refractivity contribution in [3.63, 3.8) is 0 Å². The van der Waals surface area contributed by atoms with E-state index in [9.17, 15) is 4.79 Å². The predicted molar refractivity (Wildman–Crippen MR) is 46.9 cm³/mol. The molecule has 0 atom stereocenters. The van der Waals surface area contributed by atoms with Crippen LogP contribution < -0.4 is 11.5 Å². The summed E-state index contributed by atoms with van der Waals surface area (Å²) in [6, 6.07) is 0. The number of nitrogens with two attached hydrogens (primary N) is 2. The molecular formula is C7H8ClN3O. The molecule has 0 unspecified atom stereocenters. The van der Waals surface area contributed by atoms with E-state index in [0.29, 0.717) is 5.56 Å². The van der Waals surface area contributed by atoms with E-state index in [1.54, 1.807) is 6.92 Å². The third-order valence-corrected chi connectivity index (χ3v) is 1.85. The third-order valence-electron chi connectivity index (χ3n) is 1.56. The number of hydrogen-bond donors (Lipinski definition) is 2. The van der Waals surface area contributed by atoms with Crippen molar-refractivity contribution in [2.45, 2.75) is 6.92 Å². The average Bonchev–Trinajstić information content (AvgIpc) is 1.97. The Morgan fingerprint density at radius 2 is 2.25 bits per heavy atom. The molecule has 4 nitrogen and oxygen atoms in total. The van der Waals surface area contributed by atoms with Crippen LogP contribution in [0.1, 0.15) is 15.9 Å². The molecule has 0 spiro atoms. The number of amides is 1. The van der Waals surface area contributed by atoms with Gasteiger partial charge in [0, 0.05) is 11.8 Å². The monoisotopic (exact) mass is 185 g/mol. The molecule has 0 saturated carbocycles. The lowest BCUT2D eigenvalue weighted by Gasteiger charge is -2.05. The minimum absolute atomic E-state index is 0.231. The first-order valence-corrected chi connectivity index (χ1v) is 3.62. The molecule has 0 aromatic carbocycles. The molecule has 0 aliphatic heterocycles. The molecule has 0 bridgehead atoms. The fourth-order valence-corrected chi connectivity index (χ4v) is 1.18. The van der Waals surface area contributed by atoms with Crippen LogP contribution in [0.3, 0.4) is 0 Å². The second kappa shape index (κ2) is 2.98. The Labute approximate surface area is 74.5 Å². The number of hydrogen-bond acceptors (Lipinski definition) is 3. The summed E-state index contributed by atoms with van der Waals surface area (Å²) in [5.74, 6) is -0.320. The van der Waals surface area contributed by atoms with Gasteiger partial charge in [-0.25, -0.2) is 4.98 Å². The molecule has 5 heteroatoms. The van der Waals surface area contributed by atoms with Gasteiger partial charge >= 0.3 is 0 Å². The first-order chi connectivity index (χ1) is 5.54. The SMILES string of the molecule is Cc1c(N)ncc(Cl)c1C(N)=O. The summed E-state index contributed by atoms with van der Waals surface area (Å²) in [6.07, 6.45) is 1.31. The van der Waals surface area contributed by atoms with Crippen LogP contribution in [0, 0.1) is 6.92 Å². The molecule has 1 heterocycles. The van der Waals surface area contributed by atoms with E-state index in [2.05, 4.69) is 4.98 Å². The van der Waals surface area contributed by atoms with Crippen molar-refractivity contribution in [1.82, 2.24) is 4.98 Å². The van der Waals surface area contributed by atoms with E-state index < -0.39 is 5.91 Å². The number of anilines is 1. The van der Waals surface area contributed by atoms with Crippen molar-refractivity contribution in [1.29, 1.82) is 0 Å². The molecule has 0 fully saturated rings. The van der Waals surface area contributed by atoms with Gasteiger partial charge in [-0.3, -0.25) is 4.79 Å². The summed E-state index contributed by atoms with van der Waals surface area (Å²) in [4.78, 5) is 14.6. The van der Waals surface area contributed by atoms with Crippen molar-refractivity contribution in [3.05, 3.63) is 22.3 Å². The normalized spacial score (nSPS) is 9.83. The molecule has 1 aromatic rings. The van der Waals surface area contributed by atoms with Crippen molar-refractivity contribution in [3.8, 4) is 0 Å². The lowest BCUT2D eigenvalue weighted by molar-refractivity contribution is 0.1000. The van der Waals surface area contributed by atoms with Crippen LogP contribution in [-0.2, 0) is 0 Å².